The van der Waals surface area contributed by atoms with E-state index in [1.807, 2.05) is 36.4 Å². The van der Waals surface area contributed by atoms with Crippen molar-refractivity contribution in [3.05, 3.63) is 65.7 Å². The van der Waals surface area contributed by atoms with Crippen LogP contribution in [0.3, 0.4) is 0 Å². The Kier molecular flexibility index (Phi) is 4.60. The molecule has 1 saturated carbocycles. The van der Waals surface area contributed by atoms with E-state index in [1.54, 1.807) is 23.2 Å². The van der Waals surface area contributed by atoms with Crippen molar-refractivity contribution in [2.75, 3.05) is 5.32 Å². The van der Waals surface area contributed by atoms with E-state index in [1.165, 1.54) is 0 Å². The summed E-state index contributed by atoms with van der Waals surface area (Å²) in [4.78, 5) is 26.1. The van der Waals surface area contributed by atoms with Crippen LogP contribution in [0.5, 0.6) is 0 Å². The minimum absolute atomic E-state index is 0.149. The number of carbonyl (C=O) groups excluding carboxylic acids is 2. The first-order valence-corrected chi connectivity index (χ1v) is 9.71. The van der Waals surface area contributed by atoms with Gasteiger partial charge in [-0.25, -0.2) is 5.01 Å². The van der Waals surface area contributed by atoms with Crippen LogP contribution in [-0.2, 0) is 0 Å². The highest BCUT2D eigenvalue weighted by Gasteiger charge is 2.47. The van der Waals surface area contributed by atoms with Crippen LogP contribution in [-0.4, -0.2) is 22.5 Å². The van der Waals surface area contributed by atoms with Crippen LogP contribution in [0.15, 0.2) is 54.6 Å². The summed E-state index contributed by atoms with van der Waals surface area (Å²) < 4.78 is 0. The highest BCUT2D eigenvalue weighted by Crippen LogP contribution is 2.41. The molecule has 27 heavy (non-hydrogen) atoms. The largest absolute Gasteiger partial charge is 0.361 e. The maximum absolute atomic E-state index is 13.3. The number of amides is 2. The first-order valence-electron chi connectivity index (χ1n) is 9.71. The van der Waals surface area contributed by atoms with Gasteiger partial charge in [0.15, 0.2) is 0 Å². The van der Waals surface area contributed by atoms with E-state index >= 15 is 0 Å². The van der Waals surface area contributed by atoms with Crippen molar-refractivity contribution >= 4 is 17.5 Å². The molecule has 1 fully saturated rings. The third-order valence-corrected chi connectivity index (χ3v) is 5.91. The second-order valence-electron chi connectivity index (χ2n) is 7.50. The SMILES string of the molecule is CCC1CCC2(CC1)Nc1ccccc1C(=O)N2NC(=O)c1ccccc1. The number of para-hydroxylation sites is 1. The van der Waals surface area contributed by atoms with Gasteiger partial charge >= 0.3 is 0 Å². The topological polar surface area (TPSA) is 61.4 Å². The Morgan fingerprint density at radius 1 is 1.11 bits per heavy atom. The van der Waals surface area contributed by atoms with Gasteiger partial charge < -0.3 is 5.32 Å². The van der Waals surface area contributed by atoms with Gasteiger partial charge in [-0.05, 0) is 55.9 Å². The second kappa shape index (κ2) is 7.06. The van der Waals surface area contributed by atoms with Crippen molar-refractivity contribution < 1.29 is 9.59 Å². The predicted molar refractivity (Wildman–Crippen MR) is 105 cm³/mol. The first kappa shape index (κ1) is 17.6. The Bertz CT molecular complexity index is 842. The quantitative estimate of drug-likeness (QED) is 0.859. The number of hydrogen-bond donors (Lipinski definition) is 2. The molecule has 0 aromatic heterocycles. The summed E-state index contributed by atoms with van der Waals surface area (Å²) >= 11 is 0. The minimum atomic E-state index is -0.568. The van der Waals surface area contributed by atoms with Crippen LogP contribution in [0.2, 0.25) is 0 Å². The summed E-state index contributed by atoms with van der Waals surface area (Å²) in [5, 5.41) is 5.14. The fourth-order valence-electron chi connectivity index (χ4n) is 4.23. The molecule has 1 aliphatic carbocycles. The summed E-state index contributed by atoms with van der Waals surface area (Å²) in [7, 11) is 0. The Morgan fingerprint density at radius 2 is 1.78 bits per heavy atom. The van der Waals surface area contributed by atoms with Gasteiger partial charge in [0.05, 0.1) is 5.56 Å². The molecule has 140 valence electrons. The summed E-state index contributed by atoms with van der Waals surface area (Å²) in [6.45, 7) is 2.21. The van der Waals surface area contributed by atoms with Crippen LogP contribution in [0.25, 0.3) is 0 Å². The molecule has 0 unspecified atom stereocenters. The molecule has 1 aliphatic heterocycles. The molecule has 2 aromatic carbocycles. The number of fused-ring (bicyclic) bond motifs is 1. The van der Waals surface area contributed by atoms with E-state index in [0.717, 1.165) is 37.8 Å². The standard InChI is InChI=1S/C22H25N3O2/c1-2-16-12-14-22(15-13-16)23-19-11-7-6-10-18(19)21(27)25(22)24-20(26)17-8-4-3-5-9-17/h3-11,16,23H,2,12-15H2,1H3,(H,24,26). The van der Waals surface area contributed by atoms with Gasteiger partial charge in [-0.2, -0.15) is 0 Å². The van der Waals surface area contributed by atoms with E-state index in [-0.39, 0.29) is 11.8 Å². The molecule has 2 aromatic rings. The Morgan fingerprint density at radius 3 is 2.48 bits per heavy atom. The monoisotopic (exact) mass is 363 g/mol. The number of nitrogens with one attached hydrogen (secondary N) is 2. The number of anilines is 1. The first-order chi connectivity index (χ1) is 13.1. The van der Waals surface area contributed by atoms with E-state index in [0.29, 0.717) is 17.0 Å². The van der Waals surface area contributed by atoms with E-state index < -0.39 is 5.66 Å². The molecule has 5 heteroatoms. The molecule has 0 atom stereocenters. The number of rotatable bonds is 3. The molecule has 5 nitrogen and oxygen atoms in total. The zero-order valence-electron chi connectivity index (χ0n) is 15.6. The fraction of sp³-hybridized carbons (Fsp3) is 0.364. The molecular formula is C22H25N3O2. The Labute approximate surface area is 159 Å². The highest BCUT2D eigenvalue weighted by molar-refractivity contribution is 6.04. The van der Waals surface area contributed by atoms with Crippen molar-refractivity contribution in [2.45, 2.75) is 44.7 Å². The third-order valence-electron chi connectivity index (χ3n) is 5.91. The van der Waals surface area contributed by atoms with E-state index in [2.05, 4.69) is 17.7 Å². The second-order valence-corrected chi connectivity index (χ2v) is 7.50. The van der Waals surface area contributed by atoms with Crippen LogP contribution >= 0.6 is 0 Å². The summed E-state index contributed by atoms with van der Waals surface area (Å²) in [6.07, 6.45) is 4.87. The molecule has 2 aliphatic rings. The number of benzene rings is 2. The molecular weight excluding hydrogens is 338 g/mol. The smallest absolute Gasteiger partial charge is 0.276 e. The zero-order chi connectivity index (χ0) is 18.9. The van der Waals surface area contributed by atoms with E-state index in [9.17, 15) is 9.59 Å². The third kappa shape index (κ3) is 3.18. The normalized spacial score (nSPS) is 24.3. The fourth-order valence-corrected chi connectivity index (χ4v) is 4.23. The van der Waals surface area contributed by atoms with Gasteiger partial charge in [0.25, 0.3) is 11.8 Å². The van der Waals surface area contributed by atoms with E-state index in [4.69, 9.17) is 0 Å². The summed E-state index contributed by atoms with van der Waals surface area (Å²) in [5.74, 6) is 0.266. The molecule has 0 saturated heterocycles. The van der Waals surface area contributed by atoms with Gasteiger partial charge in [0, 0.05) is 11.3 Å². The Balaban J connectivity index is 1.67. The predicted octanol–water partition coefficient (Wildman–Crippen LogP) is 4.20. The molecule has 4 rings (SSSR count). The molecule has 0 radical (unpaired) electrons. The van der Waals surface area contributed by atoms with Crippen LogP contribution in [0, 0.1) is 5.92 Å². The maximum atomic E-state index is 13.3. The average Bonchev–Trinajstić information content (AvgIpc) is 2.72. The molecule has 1 spiro atoms. The van der Waals surface area contributed by atoms with Crippen LogP contribution < -0.4 is 10.7 Å². The van der Waals surface area contributed by atoms with Crippen molar-refractivity contribution in [1.82, 2.24) is 10.4 Å². The van der Waals surface area contributed by atoms with Crippen molar-refractivity contribution in [2.24, 2.45) is 5.92 Å². The van der Waals surface area contributed by atoms with Crippen molar-refractivity contribution in [3.8, 4) is 0 Å². The lowest BCUT2D eigenvalue weighted by Crippen LogP contribution is -2.66. The minimum Gasteiger partial charge on any atom is -0.361 e. The molecule has 0 bridgehead atoms. The van der Waals surface area contributed by atoms with Gasteiger partial charge in [-0.15, -0.1) is 0 Å². The molecule has 2 amide bonds. The highest BCUT2D eigenvalue weighted by atomic mass is 16.2. The maximum Gasteiger partial charge on any atom is 0.276 e. The molecule has 1 heterocycles. The summed E-state index contributed by atoms with van der Waals surface area (Å²) in [6, 6.07) is 16.6. The number of carbonyl (C=O) groups is 2. The zero-order valence-corrected chi connectivity index (χ0v) is 15.6. The van der Waals surface area contributed by atoms with Crippen molar-refractivity contribution in [3.63, 3.8) is 0 Å². The average molecular weight is 363 g/mol. The van der Waals surface area contributed by atoms with Gasteiger partial charge in [-0.3, -0.25) is 15.0 Å². The number of hydrazine groups is 1. The van der Waals surface area contributed by atoms with Gasteiger partial charge in [0.2, 0.25) is 0 Å². The lowest BCUT2D eigenvalue weighted by atomic mass is 9.79. The summed E-state index contributed by atoms with van der Waals surface area (Å²) in [5.41, 5.74) is 4.32. The lowest BCUT2D eigenvalue weighted by molar-refractivity contribution is 0.0104. The lowest BCUT2D eigenvalue weighted by Gasteiger charge is -2.51. The van der Waals surface area contributed by atoms with Gasteiger partial charge in [-0.1, -0.05) is 43.7 Å². The number of hydrogen-bond acceptors (Lipinski definition) is 3. The van der Waals surface area contributed by atoms with Gasteiger partial charge in [0.1, 0.15) is 5.66 Å². The number of nitrogens with zero attached hydrogens (tertiary/aromatic N) is 1. The van der Waals surface area contributed by atoms with Crippen molar-refractivity contribution in [1.29, 1.82) is 0 Å². The Hall–Kier alpha value is -2.82. The molecule has 2 N–H and O–H groups in total. The van der Waals surface area contributed by atoms with Crippen LogP contribution in [0.1, 0.15) is 59.7 Å². The van der Waals surface area contributed by atoms with Crippen LogP contribution in [0.4, 0.5) is 5.69 Å².